The predicted molar refractivity (Wildman–Crippen MR) is 61.1 cm³/mol. The van der Waals surface area contributed by atoms with Gasteiger partial charge in [0.1, 0.15) is 5.75 Å². The third-order valence-electron chi connectivity index (χ3n) is 2.15. The minimum Gasteiger partial charge on any atom is -0.478 e. The molecule has 0 fully saturated rings. The fraction of sp³-hybridized carbons (Fsp3) is 0.182. The maximum Gasteiger partial charge on any atom is 0.387 e. The van der Waals surface area contributed by atoms with E-state index in [1.165, 1.54) is 13.0 Å². The molecule has 0 saturated carbocycles. The summed E-state index contributed by atoms with van der Waals surface area (Å²) in [4.78, 5) is 20.3. The number of aliphatic carboxylic acids is 1. The van der Waals surface area contributed by atoms with Crippen molar-refractivity contribution in [2.75, 3.05) is 0 Å². The zero-order valence-corrected chi connectivity index (χ0v) is 9.67. The Morgan fingerprint density at radius 1 is 1.53 bits per heavy atom. The van der Waals surface area contributed by atoms with Crippen LogP contribution in [-0.2, 0) is 4.79 Å². The highest BCUT2D eigenvalue weighted by Crippen LogP contribution is 2.30. The number of carboxylic acids is 1. The number of nitro groups is 1. The molecular weight excluding hydrogens is 264 g/mol. The summed E-state index contributed by atoms with van der Waals surface area (Å²) in [6.45, 7) is -1.76. The lowest BCUT2D eigenvalue weighted by molar-refractivity contribution is -0.385. The molecule has 0 spiro atoms. The molecule has 0 amide bonds. The van der Waals surface area contributed by atoms with Gasteiger partial charge >= 0.3 is 12.6 Å². The average Bonchev–Trinajstić information content (AvgIpc) is 2.27. The molecular formula is C11H9F2NO5. The number of alkyl halides is 2. The molecule has 19 heavy (non-hydrogen) atoms. The molecule has 8 heteroatoms. The minimum atomic E-state index is -3.17. The van der Waals surface area contributed by atoms with Crippen LogP contribution in [0, 0.1) is 17.0 Å². The molecule has 1 aromatic carbocycles. The van der Waals surface area contributed by atoms with E-state index in [2.05, 4.69) is 4.74 Å². The van der Waals surface area contributed by atoms with E-state index in [4.69, 9.17) is 5.11 Å². The van der Waals surface area contributed by atoms with Crippen LogP contribution in [0.3, 0.4) is 0 Å². The van der Waals surface area contributed by atoms with Crippen LogP contribution in [0.5, 0.6) is 5.75 Å². The van der Waals surface area contributed by atoms with Gasteiger partial charge in [0.2, 0.25) is 0 Å². The molecule has 1 rings (SSSR count). The summed E-state index contributed by atoms with van der Waals surface area (Å²) in [5, 5.41) is 19.2. The average molecular weight is 273 g/mol. The zero-order valence-electron chi connectivity index (χ0n) is 9.67. The molecule has 0 bridgehead atoms. The second-order valence-electron chi connectivity index (χ2n) is 3.48. The van der Waals surface area contributed by atoms with Crippen molar-refractivity contribution in [2.24, 2.45) is 0 Å². The first-order valence-corrected chi connectivity index (χ1v) is 4.96. The number of nitro benzene ring substituents is 1. The Balaban J connectivity index is 3.31. The zero-order chi connectivity index (χ0) is 14.6. The number of aryl methyl sites for hydroxylation is 1. The van der Waals surface area contributed by atoms with Gasteiger partial charge in [0, 0.05) is 17.2 Å². The van der Waals surface area contributed by atoms with Crippen LogP contribution in [0.25, 0.3) is 6.08 Å². The highest BCUT2D eigenvalue weighted by atomic mass is 19.3. The normalized spacial score (nSPS) is 10.9. The summed E-state index contributed by atoms with van der Waals surface area (Å²) in [5.74, 6) is -1.73. The quantitative estimate of drug-likeness (QED) is 0.506. The molecule has 1 aromatic rings. The van der Waals surface area contributed by atoms with Crippen LogP contribution in [0.4, 0.5) is 14.5 Å². The maximum atomic E-state index is 12.2. The van der Waals surface area contributed by atoms with Crippen LogP contribution < -0.4 is 4.74 Å². The Kier molecular flexibility index (Phi) is 4.51. The number of hydrogen-bond donors (Lipinski definition) is 1. The van der Waals surface area contributed by atoms with E-state index in [1.807, 2.05) is 0 Å². The van der Waals surface area contributed by atoms with Crippen LogP contribution in [0.15, 0.2) is 18.2 Å². The number of nitrogens with zero attached hydrogens (tertiary/aromatic N) is 1. The topological polar surface area (TPSA) is 89.7 Å². The van der Waals surface area contributed by atoms with E-state index in [1.54, 1.807) is 0 Å². The third-order valence-corrected chi connectivity index (χ3v) is 2.15. The molecule has 0 heterocycles. The summed E-state index contributed by atoms with van der Waals surface area (Å²) in [6, 6.07) is 2.04. The van der Waals surface area contributed by atoms with E-state index < -0.39 is 23.3 Å². The van der Waals surface area contributed by atoms with Crippen LogP contribution >= 0.6 is 0 Å². The lowest BCUT2D eigenvalue weighted by Gasteiger charge is -2.09. The molecule has 1 N–H and O–H groups in total. The second-order valence-corrected chi connectivity index (χ2v) is 3.48. The van der Waals surface area contributed by atoms with Gasteiger partial charge in [-0.2, -0.15) is 8.78 Å². The number of carbonyl (C=O) groups is 1. The lowest BCUT2D eigenvalue weighted by Crippen LogP contribution is -2.05. The number of benzene rings is 1. The van der Waals surface area contributed by atoms with Gasteiger partial charge < -0.3 is 9.84 Å². The van der Waals surface area contributed by atoms with Gasteiger partial charge in [-0.25, -0.2) is 4.79 Å². The number of carboxylic acid groups (broad SMARTS) is 1. The van der Waals surface area contributed by atoms with Crippen molar-refractivity contribution in [3.05, 3.63) is 39.4 Å². The summed E-state index contributed by atoms with van der Waals surface area (Å²) in [5.41, 5.74) is -0.161. The van der Waals surface area contributed by atoms with Crippen molar-refractivity contribution in [3.63, 3.8) is 0 Å². The van der Waals surface area contributed by atoms with Crippen molar-refractivity contribution in [1.29, 1.82) is 0 Å². The van der Waals surface area contributed by atoms with Gasteiger partial charge in [0.25, 0.3) is 5.69 Å². The standard InChI is InChI=1S/C11H9F2NO5/c1-6-4-7(2-3-10(15)16)9(19-11(12)13)5-8(6)14(17)18/h2-5,11H,1H3,(H,15,16)/b3-2+. The van der Waals surface area contributed by atoms with Gasteiger partial charge in [0.15, 0.2) is 0 Å². The highest BCUT2D eigenvalue weighted by molar-refractivity contribution is 5.86. The molecule has 0 saturated heterocycles. The molecule has 0 radical (unpaired) electrons. The van der Waals surface area contributed by atoms with Crippen molar-refractivity contribution in [3.8, 4) is 5.75 Å². The molecule has 102 valence electrons. The summed E-state index contributed by atoms with van der Waals surface area (Å²) in [6.07, 6.45) is 1.75. The smallest absolute Gasteiger partial charge is 0.387 e. The molecule has 0 aliphatic rings. The van der Waals surface area contributed by atoms with E-state index in [0.717, 1.165) is 18.2 Å². The molecule has 6 nitrogen and oxygen atoms in total. The van der Waals surface area contributed by atoms with Gasteiger partial charge in [-0.15, -0.1) is 0 Å². The highest BCUT2D eigenvalue weighted by Gasteiger charge is 2.17. The van der Waals surface area contributed by atoms with E-state index in [9.17, 15) is 23.7 Å². The minimum absolute atomic E-state index is 0.0193. The lowest BCUT2D eigenvalue weighted by atomic mass is 10.1. The Bertz CT molecular complexity index is 542. The van der Waals surface area contributed by atoms with Gasteiger partial charge in [-0.3, -0.25) is 10.1 Å². The van der Waals surface area contributed by atoms with Gasteiger partial charge in [-0.1, -0.05) is 0 Å². The molecule has 0 unspecified atom stereocenters. The van der Waals surface area contributed by atoms with Crippen molar-refractivity contribution in [2.45, 2.75) is 13.5 Å². The molecule has 0 aromatic heterocycles. The van der Waals surface area contributed by atoms with E-state index in [-0.39, 0.29) is 16.8 Å². The summed E-state index contributed by atoms with van der Waals surface area (Å²) < 4.78 is 28.5. The first kappa shape index (κ1) is 14.6. The van der Waals surface area contributed by atoms with Crippen LogP contribution in [0.2, 0.25) is 0 Å². The number of halogens is 2. The monoisotopic (exact) mass is 273 g/mol. The Morgan fingerprint density at radius 3 is 2.63 bits per heavy atom. The van der Waals surface area contributed by atoms with E-state index in [0.29, 0.717) is 0 Å². The number of hydrogen-bond acceptors (Lipinski definition) is 4. The van der Waals surface area contributed by atoms with E-state index >= 15 is 0 Å². The van der Waals surface area contributed by atoms with Crippen molar-refractivity contribution < 1.29 is 28.3 Å². The second kappa shape index (κ2) is 5.89. The van der Waals surface area contributed by atoms with Crippen LogP contribution in [-0.4, -0.2) is 22.6 Å². The Labute approximate surface area is 106 Å². The maximum absolute atomic E-state index is 12.2. The predicted octanol–water partition coefficient (Wildman–Crippen LogP) is 2.60. The summed E-state index contributed by atoms with van der Waals surface area (Å²) >= 11 is 0. The Morgan fingerprint density at radius 2 is 2.16 bits per heavy atom. The fourth-order valence-corrected chi connectivity index (χ4v) is 1.39. The largest absolute Gasteiger partial charge is 0.478 e. The first-order chi connectivity index (χ1) is 8.81. The Hall–Kier alpha value is -2.51. The third kappa shape index (κ3) is 4.02. The van der Waals surface area contributed by atoms with Gasteiger partial charge in [-0.05, 0) is 19.1 Å². The fourth-order valence-electron chi connectivity index (χ4n) is 1.39. The number of ether oxygens (including phenoxy) is 1. The molecule has 0 aliphatic carbocycles. The SMILES string of the molecule is Cc1cc(/C=C/C(=O)O)c(OC(F)F)cc1[N+](=O)[O-]. The summed E-state index contributed by atoms with van der Waals surface area (Å²) in [7, 11) is 0. The van der Waals surface area contributed by atoms with Crippen molar-refractivity contribution >= 4 is 17.7 Å². The molecule has 0 atom stereocenters. The molecule has 0 aliphatic heterocycles. The first-order valence-electron chi connectivity index (χ1n) is 4.96. The van der Waals surface area contributed by atoms with Gasteiger partial charge in [0.05, 0.1) is 11.0 Å². The number of rotatable bonds is 5. The van der Waals surface area contributed by atoms with Crippen molar-refractivity contribution in [1.82, 2.24) is 0 Å². The van der Waals surface area contributed by atoms with Crippen LogP contribution in [0.1, 0.15) is 11.1 Å².